The van der Waals surface area contributed by atoms with Crippen molar-refractivity contribution in [1.29, 1.82) is 0 Å². The molecule has 6 heteroatoms. The molecule has 1 rings (SSSR count). The summed E-state index contributed by atoms with van der Waals surface area (Å²) in [5.74, 6) is -0.0176. The third kappa shape index (κ3) is 5.38. The Morgan fingerprint density at radius 3 is 2.47 bits per heavy atom. The van der Waals surface area contributed by atoms with Crippen molar-refractivity contribution in [3.63, 3.8) is 0 Å². The first-order valence-corrected chi connectivity index (χ1v) is 7.27. The van der Waals surface area contributed by atoms with Gasteiger partial charge in [0.1, 0.15) is 6.04 Å². The lowest BCUT2D eigenvalue weighted by molar-refractivity contribution is -0.127. The summed E-state index contributed by atoms with van der Waals surface area (Å²) in [6.07, 6.45) is 2.05. The molecule has 1 aromatic rings. The minimum Gasteiger partial charge on any atom is -0.344 e. The number of rotatable bonds is 6. The average Bonchev–Trinajstić information content (AvgIpc) is 2.77. The van der Waals surface area contributed by atoms with Gasteiger partial charge in [-0.1, -0.05) is 27.7 Å². The number of nitrogens with one attached hydrogen (secondary N) is 2. The Bertz CT molecular complexity index is 416. The van der Waals surface area contributed by atoms with Gasteiger partial charge in [0.05, 0.1) is 0 Å². The van der Waals surface area contributed by atoms with E-state index in [4.69, 9.17) is 0 Å². The number of carbonyl (C=O) groups is 2. The molecule has 0 aliphatic heterocycles. The number of carbonyl (C=O) groups excluding carboxylic acids is 2. The zero-order chi connectivity index (χ0) is 14.4. The highest BCUT2D eigenvalue weighted by Gasteiger charge is 2.24. The van der Waals surface area contributed by atoms with Crippen LogP contribution in [0.1, 0.15) is 34.1 Å². The van der Waals surface area contributed by atoms with Crippen molar-refractivity contribution in [3.8, 4) is 0 Å². The number of nitrogens with zero attached hydrogens (tertiary/aromatic N) is 1. The molecule has 0 saturated heterocycles. The van der Waals surface area contributed by atoms with Gasteiger partial charge in [0, 0.05) is 18.0 Å². The molecule has 5 nitrogen and oxygen atoms in total. The normalized spacial score (nSPS) is 12.5. The van der Waals surface area contributed by atoms with E-state index in [1.807, 2.05) is 27.7 Å². The first-order chi connectivity index (χ1) is 8.90. The first kappa shape index (κ1) is 15.6. The summed E-state index contributed by atoms with van der Waals surface area (Å²) in [5, 5.41) is 7.84. The van der Waals surface area contributed by atoms with Gasteiger partial charge in [-0.3, -0.25) is 9.59 Å². The van der Waals surface area contributed by atoms with Crippen LogP contribution in [-0.2, 0) is 9.59 Å². The maximum atomic E-state index is 12.1. The number of hydrogen-bond acceptors (Lipinski definition) is 4. The second-order valence-electron chi connectivity index (χ2n) is 5.21. The predicted molar refractivity (Wildman–Crippen MR) is 77.0 cm³/mol. The van der Waals surface area contributed by atoms with E-state index >= 15 is 0 Å². The van der Waals surface area contributed by atoms with Crippen molar-refractivity contribution < 1.29 is 9.59 Å². The van der Waals surface area contributed by atoms with E-state index < -0.39 is 6.04 Å². The molecule has 0 radical (unpaired) electrons. The SMILES string of the molecule is CC(C)CC(=O)NC(C(=O)Nc1nccs1)C(C)C. The highest BCUT2D eigenvalue weighted by Crippen LogP contribution is 2.13. The molecule has 0 spiro atoms. The minimum atomic E-state index is -0.532. The number of hydrogen-bond donors (Lipinski definition) is 2. The van der Waals surface area contributed by atoms with Gasteiger partial charge >= 0.3 is 0 Å². The predicted octanol–water partition coefficient (Wildman–Crippen LogP) is 2.27. The fourth-order valence-corrected chi connectivity index (χ4v) is 2.14. The summed E-state index contributed by atoms with van der Waals surface area (Å²) < 4.78 is 0. The number of anilines is 1. The van der Waals surface area contributed by atoms with Crippen LogP contribution in [0.15, 0.2) is 11.6 Å². The van der Waals surface area contributed by atoms with E-state index in [-0.39, 0.29) is 23.7 Å². The Morgan fingerprint density at radius 2 is 2.00 bits per heavy atom. The maximum Gasteiger partial charge on any atom is 0.248 e. The number of amides is 2. The average molecular weight is 283 g/mol. The van der Waals surface area contributed by atoms with Crippen molar-refractivity contribution in [1.82, 2.24) is 10.3 Å². The summed E-state index contributed by atoms with van der Waals surface area (Å²) in [7, 11) is 0. The second-order valence-corrected chi connectivity index (χ2v) is 6.11. The minimum absolute atomic E-state index is 0.0241. The van der Waals surface area contributed by atoms with Crippen molar-refractivity contribution in [2.24, 2.45) is 11.8 Å². The third-order valence-electron chi connectivity index (χ3n) is 2.52. The smallest absolute Gasteiger partial charge is 0.248 e. The van der Waals surface area contributed by atoms with Crippen LogP contribution in [0.5, 0.6) is 0 Å². The Morgan fingerprint density at radius 1 is 1.32 bits per heavy atom. The fourth-order valence-electron chi connectivity index (χ4n) is 1.61. The second kappa shape index (κ2) is 7.23. The monoisotopic (exact) mass is 283 g/mol. The van der Waals surface area contributed by atoms with Gasteiger partial charge in [-0.25, -0.2) is 4.98 Å². The molecule has 1 atom stereocenters. The highest BCUT2D eigenvalue weighted by molar-refractivity contribution is 7.13. The maximum absolute atomic E-state index is 12.1. The molecule has 0 bridgehead atoms. The van der Waals surface area contributed by atoms with Crippen LogP contribution < -0.4 is 10.6 Å². The molecule has 0 aliphatic rings. The van der Waals surface area contributed by atoms with E-state index in [0.717, 1.165) is 0 Å². The molecule has 1 heterocycles. The molecule has 2 N–H and O–H groups in total. The van der Waals surface area contributed by atoms with Gasteiger partial charge < -0.3 is 10.6 Å². The molecule has 1 unspecified atom stereocenters. The Hall–Kier alpha value is -1.43. The molecular formula is C13H21N3O2S. The van der Waals surface area contributed by atoms with Crippen molar-refractivity contribution >= 4 is 28.3 Å². The van der Waals surface area contributed by atoms with E-state index in [1.165, 1.54) is 11.3 Å². The standard InChI is InChI=1S/C13H21N3O2S/c1-8(2)7-10(17)15-11(9(3)4)12(18)16-13-14-5-6-19-13/h5-6,8-9,11H,7H2,1-4H3,(H,15,17)(H,14,16,18). The molecule has 0 aromatic carbocycles. The zero-order valence-electron chi connectivity index (χ0n) is 11.8. The highest BCUT2D eigenvalue weighted by atomic mass is 32.1. The lowest BCUT2D eigenvalue weighted by atomic mass is 10.0. The third-order valence-corrected chi connectivity index (χ3v) is 3.21. The van der Waals surface area contributed by atoms with E-state index in [2.05, 4.69) is 15.6 Å². The van der Waals surface area contributed by atoms with Gasteiger partial charge in [0.2, 0.25) is 11.8 Å². The largest absolute Gasteiger partial charge is 0.344 e. The van der Waals surface area contributed by atoms with Crippen LogP contribution >= 0.6 is 11.3 Å². The summed E-state index contributed by atoms with van der Waals surface area (Å²) in [4.78, 5) is 27.9. The molecular weight excluding hydrogens is 262 g/mol. The topological polar surface area (TPSA) is 71.1 Å². The van der Waals surface area contributed by atoms with E-state index in [0.29, 0.717) is 11.6 Å². The van der Waals surface area contributed by atoms with Gasteiger partial charge in [-0.2, -0.15) is 0 Å². The molecule has 106 valence electrons. The van der Waals surface area contributed by atoms with E-state index in [1.54, 1.807) is 11.6 Å². The summed E-state index contributed by atoms with van der Waals surface area (Å²) in [6, 6.07) is -0.532. The van der Waals surface area contributed by atoms with E-state index in [9.17, 15) is 9.59 Å². The molecule has 1 aromatic heterocycles. The van der Waals surface area contributed by atoms with Crippen molar-refractivity contribution in [2.75, 3.05) is 5.32 Å². The lowest BCUT2D eigenvalue weighted by Gasteiger charge is -2.21. The molecule has 0 saturated carbocycles. The molecule has 19 heavy (non-hydrogen) atoms. The van der Waals surface area contributed by atoms with Crippen molar-refractivity contribution in [3.05, 3.63) is 11.6 Å². The van der Waals surface area contributed by atoms with Crippen LogP contribution in [0, 0.1) is 11.8 Å². The van der Waals surface area contributed by atoms with Gasteiger partial charge in [0.25, 0.3) is 0 Å². The first-order valence-electron chi connectivity index (χ1n) is 6.40. The molecule has 0 aliphatic carbocycles. The van der Waals surface area contributed by atoms with Crippen LogP contribution in [0.4, 0.5) is 5.13 Å². The van der Waals surface area contributed by atoms with Gasteiger partial charge in [-0.15, -0.1) is 11.3 Å². The number of thiazole rings is 1. The quantitative estimate of drug-likeness (QED) is 0.841. The van der Waals surface area contributed by atoms with Gasteiger partial charge in [0.15, 0.2) is 5.13 Å². The zero-order valence-corrected chi connectivity index (χ0v) is 12.6. The van der Waals surface area contributed by atoms with Crippen LogP contribution in [-0.4, -0.2) is 22.8 Å². The fraction of sp³-hybridized carbons (Fsp3) is 0.615. The number of aromatic nitrogens is 1. The lowest BCUT2D eigenvalue weighted by Crippen LogP contribution is -2.47. The summed E-state index contributed by atoms with van der Waals surface area (Å²) in [5.41, 5.74) is 0. The van der Waals surface area contributed by atoms with Crippen LogP contribution in [0.3, 0.4) is 0 Å². The molecule has 0 fully saturated rings. The summed E-state index contributed by atoms with van der Waals surface area (Å²) in [6.45, 7) is 7.75. The van der Waals surface area contributed by atoms with Crippen LogP contribution in [0.25, 0.3) is 0 Å². The van der Waals surface area contributed by atoms with Crippen LogP contribution in [0.2, 0.25) is 0 Å². The summed E-state index contributed by atoms with van der Waals surface area (Å²) >= 11 is 1.35. The Labute approximate surface area is 117 Å². The van der Waals surface area contributed by atoms with Gasteiger partial charge in [-0.05, 0) is 11.8 Å². The molecule has 2 amide bonds. The Balaban J connectivity index is 2.61. The Kier molecular flexibility index (Phi) is 5.95. The van der Waals surface area contributed by atoms with Crippen molar-refractivity contribution in [2.45, 2.75) is 40.2 Å².